The fourth-order valence-electron chi connectivity index (χ4n) is 4.79. The van der Waals surface area contributed by atoms with E-state index in [1.807, 2.05) is 17.0 Å². The second-order valence-electron chi connectivity index (χ2n) is 8.41. The van der Waals surface area contributed by atoms with Crippen LogP contribution in [0.25, 0.3) is 0 Å². The van der Waals surface area contributed by atoms with E-state index in [9.17, 15) is 4.79 Å². The Morgan fingerprint density at radius 3 is 2.81 bits per heavy atom. The second-order valence-corrected chi connectivity index (χ2v) is 8.41. The number of pyridine rings is 1. The van der Waals surface area contributed by atoms with Crippen molar-refractivity contribution in [3.05, 3.63) is 41.8 Å². The average molecular weight is 367 g/mol. The van der Waals surface area contributed by atoms with Gasteiger partial charge in [-0.05, 0) is 50.3 Å². The molecule has 4 heterocycles. The number of hydrogen-bond acceptors (Lipinski definition) is 6. The van der Waals surface area contributed by atoms with E-state index < -0.39 is 0 Å². The first-order valence-electron chi connectivity index (χ1n) is 9.86. The molecule has 5 rings (SSSR count). The maximum Gasteiger partial charge on any atom is 0.255 e. The van der Waals surface area contributed by atoms with E-state index in [0.29, 0.717) is 11.5 Å². The molecule has 0 bridgehead atoms. The van der Waals surface area contributed by atoms with Gasteiger partial charge in [-0.15, -0.1) is 0 Å². The molecule has 0 N–H and O–H groups in total. The van der Waals surface area contributed by atoms with Gasteiger partial charge in [-0.3, -0.25) is 9.78 Å². The molecule has 7 heteroatoms. The van der Waals surface area contributed by atoms with Gasteiger partial charge in [0.2, 0.25) is 5.89 Å². The SMILES string of the molecule is CN1CC(c2noc(C3CC3)n2)C2(CCN(C(=O)c3cccnc3)CC2)C1. The number of carbonyl (C=O) groups is 1. The lowest BCUT2D eigenvalue weighted by molar-refractivity contribution is 0.0561. The van der Waals surface area contributed by atoms with Gasteiger partial charge in [0.15, 0.2) is 5.82 Å². The summed E-state index contributed by atoms with van der Waals surface area (Å²) < 4.78 is 5.54. The summed E-state index contributed by atoms with van der Waals surface area (Å²) in [6.45, 7) is 3.52. The molecule has 2 aromatic heterocycles. The lowest BCUT2D eigenvalue weighted by Crippen LogP contribution is -2.46. The van der Waals surface area contributed by atoms with Crippen molar-refractivity contribution in [2.45, 2.75) is 37.5 Å². The highest BCUT2D eigenvalue weighted by atomic mass is 16.5. The van der Waals surface area contributed by atoms with E-state index in [1.165, 1.54) is 12.8 Å². The normalized spacial score (nSPS) is 25.2. The quantitative estimate of drug-likeness (QED) is 0.829. The van der Waals surface area contributed by atoms with E-state index in [1.54, 1.807) is 12.4 Å². The molecule has 1 unspecified atom stereocenters. The van der Waals surface area contributed by atoms with Crippen molar-refractivity contribution in [1.82, 2.24) is 24.9 Å². The van der Waals surface area contributed by atoms with Crippen LogP contribution < -0.4 is 0 Å². The van der Waals surface area contributed by atoms with Crippen LogP contribution in [0.4, 0.5) is 0 Å². The Hall–Kier alpha value is -2.28. The summed E-state index contributed by atoms with van der Waals surface area (Å²) in [4.78, 5) is 25.9. The van der Waals surface area contributed by atoms with Crippen LogP contribution in [0.3, 0.4) is 0 Å². The molecule has 1 atom stereocenters. The Morgan fingerprint density at radius 2 is 2.11 bits per heavy atom. The first kappa shape index (κ1) is 16.9. The predicted octanol–water partition coefficient (Wildman–Crippen LogP) is 2.29. The molecule has 3 fully saturated rings. The highest BCUT2D eigenvalue weighted by molar-refractivity contribution is 5.93. The van der Waals surface area contributed by atoms with Crippen LogP contribution in [-0.4, -0.2) is 64.1 Å². The van der Waals surface area contributed by atoms with Crippen molar-refractivity contribution in [3.8, 4) is 0 Å². The Kier molecular flexibility index (Phi) is 4.00. The molecule has 1 amide bonds. The van der Waals surface area contributed by atoms with Crippen LogP contribution >= 0.6 is 0 Å². The molecule has 7 nitrogen and oxygen atoms in total. The summed E-state index contributed by atoms with van der Waals surface area (Å²) in [5.74, 6) is 2.54. The molecular formula is C20H25N5O2. The van der Waals surface area contributed by atoms with E-state index in [0.717, 1.165) is 50.7 Å². The van der Waals surface area contributed by atoms with Gasteiger partial charge >= 0.3 is 0 Å². The third-order valence-electron chi connectivity index (χ3n) is 6.47. The molecule has 2 aromatic rings. The van der Waals surface area contributed by atoms with E-state index in [2.05, 4.69) is 22.1 Å². The highest BCUT2D eigenvalue weighted by Crippen LogP contribution is 2.49. The van der Waals surface area contributed by atoms with Crippen LogP contribution in [0.5, 0.6) is 0 Å². The first-order valence-corrected chi connectivity index (χ1v) is 9.86. The minimum Gasteiger partial charge on any atom is -0.339 e. The summed E-state index contributed by atoms with van der Waals surface area (Å²) in [6.07, 6.45) is 7.63. The minimum absolute atomic E-state index is 0.0800. The molecule has 3 aliphatic rings. The van der Waals surface area contributed by atoms with Gasteiger partial charge in [0.05, 0.1) is 5.56 Å². The monoisotopic (exact) mass is 367 g/mol. The van der Waals surface area contributed by atoms with Gasteiger partial charge in [0.25, 0.3) is 5.91 Å². The topological polar surface area (TPSA) is 75.4 Å². The minimum atomic E-state index is 0.0800. The number of carbonyl (C=O) groups excluding carboxylic acids is 1. The maximum absolute atomic E-state index is 12.7. The van der Waals surface area contributed by atoms with Crippen molar-refractivity contribution in [3.63, 3.8) is 0 Å². The van der Waals surface area contributed by atoms with Crippen LogP contribution in [0.1, 0.15) is 59.6 Å². The predicted molar refractivity (Wildman–Crippen MR) is 98.3 cm³/mol. The largest absolute Gasteiger partial charge is 0.339 e. The molecule has 2 saturated heterocycles. The smallest absolute Gasteiger partial charge is 0.255 e. The fraction of sp³-hybridized carbons (Fsp3) is 0.600. The van der Waals surface area contributed by atoms with Gasteiger partial charge in [0, 0.05) is 50.4 Å². The highest BCUT2D eigenvalue weighted by Gasteiger charge is 2.50. The molecule has 1 saturated carbocycles. The van der Waals surface area contributed by atoms with Crippen LogP contribution in [0.2, 0.25) is 0 Å². The van der Waals surface area contributed by atoms with Crippen LogP contribution in [-0.2, 0) is 0 Å². The first-order chi connectivity index (χ1) is 13.1. The van der Waals surface area contributed by atoms with Crippen LogP contribution in [0.15, 0.2) is 29.0 Å². The molecule has 27 heavy (non-hydrogen) atoms. The van der Waals surface area contributed by atoms with Crippen molar-refractivity contribution in [1.29, 1.82) is 0 Å². The van der Waals surface area contributed by atoms with E-state index >= 15 is 0 Å². The summed E-state index contributed by atoms with van der Waals surface area (Å²) in [5, 5.41) is 4.34. The maximum atomic E-state index is 12.7. The molecule has 1 spiro atoms. The zero-order valence-electron chi connectivity index (χ0n) is 15.7. The Bertz CT molecular complexity index is 824. The Balaban J connectivity index is 1.32. The van der Waals surface area contributed by atoms with Gasteiger partial charge in [0.1, 0.15) is 0 Å². The van der Waals surface area contributed by atoms with Crippen molar-refractivity contribution in [2.24, 2.45) is 5.41 Å². The second kappa shape index (κ2) is 6.41. The average Bonchev–Trinajstić information content (AvgIpc) is 3.35. The van der Waals surface area contributed by atoms with Crippen molar-refractivity contribution < 1.29 is 9.32 Å². The van der Waals surface area contributed by atoms with Crippen LogP contribution in [0, 0.1) is 5.41 Å². The van der Waals surface area contributed by atoms with E-state index in [-0.39, 0.29) is 17.2 Å². The molecular weight excluding hydrogens is 342 g/mol. The van der Waals surface area contributed by atoms with Gasteiger partial charge in [-0.2, -0.15) is 4.98 Å². The lowest BCUT2D eigenvalue weighted by Gasteiger charge is -2.41. The third-order valence-corrected chi connectivity index (χ3v) is 6.47. The lowest BCUT2D eigenvalue weighted by atomic mass is 9.70. The Morgan fingerprint density at radius 1 is 1.30 bits per heavy atom. The summed E-state index contributed by atoms with van der Waals surface area (Å²) in [7, 11) is 2.16. The Labute approximate surface area is 158 Å². The summed E-state index contributed by atoms with van der Waals surface area (Å²) in [5.41, 5.74) is 0.798. The number of hydrogen-bond donors (Lipinski definition) is 0. The van der Waals surface area contributed by atoms with Crippen molar-refractivity contribution in [2.75, 3.05) is 33.2 Å². The zero-order valence-corrected chi connectivity index (χ0v) is 15.7. The number of nitrogens with zero attached hydrogens (tertiary/aromatic N) is 5. The number of amides is 1. The number of aromatic nitrogens is 3. The van der Waals surface area contributed by atoms with E-state index in [4.69, 9.17) is 9.51 Å². The summed E-state index contributed by atoms with van der Waals surface area (Å²) in [6, 6.07) is 3.65. The van der Waals surface area contributed by atoms with Crippen molar-refractivity contribution >= 4 is 5.91 Å². The molecule has 0 aromatic carbocycles. The molecule has 2 aliphatic heterocycles. The third kappa shape index (κ3) is 3.04. The number of piperidine rings is 1. The number of likely N-dealkylation sites (tertiary alicyclic amines) is 2. The standard InChI is InChI=1S/C20H25N5O2/c1-24-12-16(17-22-18(27-23-17)14-4-5-14)20(13-24)6-9-25(10-7-20)19(26)15-3-2-8-21-11-15/h2-3,8,11,14,16H,4-7,9-10,12-13H2,1H3. The van der Waals surface area contributed by atoms with Gasteiger partial charge < -0.3 is 14.3 Å². The molecule has 0 radical (unpaired) electrons. The number of rotatable bonds is 3. The van der Waals surface area contributed by atoms with Gasteiger partial charge in [-0.25, -0.2) is 0 Å². The molecule has 142 valence electrons. The number of likely N-dealkylation sites (N-methyl/N-ethyl adjacent to an activating group) is 1. The zero-order chi connectivity index (χ0) is 18.4. The summed E-state index contributed by atoms with van der Waals surface area (Å²) >= 11 is 0. The fourth-order valence-corrected chi connectivity index (χ4v) is 4.79. The molecule has 1 aliphatic carbocycles. The van der Waals surface area contributed by atoms with Gasteiger partial charge in [-0.1, -0.05) is 5.16 Å².